The molecule has 2 unspecified atom stereocenters. The maximum Gasteiger partial charge on any atom is 0.416 e. The van der Waals surface area contributed by atoms with Gasteiger partial charge in [-0.05, 0) is 76.6 Å². The lowest BCUT2D eigenvalue weighted by Gasteiger charge is -2.41. The summed E-state index contributed by atoms with van der Waals surface area (Å²) >= 11 is 6.14. The van der Waals surface area contributed by atoms with Crippen molar-refractivity contribution in [3.63, 3.8) is 0 Å². The monoisotopic (exact) mass is 705 g/mol. The van der Waals surface area contributed by atoms with Crippen molar-refractivity contribution >= 4 is 46.3 Å². The molecule has 6 rings (SSSR count). The molecule has 3 aromatic rings. The quantitative estimate of drug-likeness (QED) is 0.355. The molecular weight excluding hydrogens is 667 g/mol. The lowest BCUT2D eigenvalue weighted by atomic mass is 9.96. The highest BCUT2D eigenvalue weighted by molar-refractivity contribution is 6.33. The molecule has 3 aliphatic rings. The minimum Gasteiger partial charge on any atom is -0.444 e. The van der Waals surface area contributed by atoms with E-state index < -0.39 is 34.9 Å². The fourth-order valence-corrected chi connectivity index (χ4v) is 7.13. The Labute approximate surface area is 285 Å². The Bertz CT molecular complexity index is 1870. The Morgan fingerprint density at radius 1 is 1.14 bits per heavy atom. The van der Waals surface area contributed by atoms with E-state index in [1.165, 1.54) is 4.52 Å². The fraction of sp³-hybridized carbons (Fsp3) is 0.545. The van der Waals surface area contributed by atoms with E-state index in [9.17, 15) is 27.6 Å². The number of hydrogen-bond acceptors (Lipinski definition) is 8. The van der Waals surface area contributed by atoms with Crippen molar-refractivity contribution in [2.24, 2.45) is 0 Å². The number of amides is 2. The molecule has 0 radical (unpaired) electrons. The number of hydrogen-bond donors (Lipinski definition) is 1. The predicted molar refractivity (Wildman–Crippen MR) is 177 cm³/mol. The van der Waals surface area contributed by atoms with Gasteiger partial charge < -0.3 is 29.2 Å². The highest BCUT2D eigenvalue weighted by Crippen LogP contribution is 2.37. The Morgan fingerprint density at radius 2 is 1.92 bits per heavy atom. The lowest BCUT2D eigenvalue weighted by Crippen LogP contribution is -2.53. The number of benzene rings is 1. The third-order valence-corrected chi connectivity index (χ3v) is 9.32. The number of fused-ring (bicyclic) bond motifs is 2. The van der Waals surface area contributed by atoms with Crippen LogP contribution in [0.5, 0.6) is 0 Å². The fourth-order valence-electron chi connectivity index (χ4n) is 6.90. The number of aromatic nitrogens is 4. The van der Waals surface area contributed by atoms with E-state index in [0.29, 0.717) is 69.2 Å². The van der Waals surface area contributed by atoms with Crippen LogP contribution in [0.1, 0.15) is 70.5 Å². The number of rotatable bonds is 6. The number of halogens is 4. The molecule has 0 saturated carbocycles. The van der Waals surface area contributed by atoms with Gasteiger partial charge in [-0.2, -0.15) is 22.7 Å². The van der Waals surface area contributed by atoms with Crippen molar-refractivity contribution in [1.82, 2.24) is 24.1 Å². The van der Waals surface area contributed by atoms with Crippen molar-refractivity contribution in [1.29, 1.82) is 0 Å². The second kappa shape index (κ2) is 13.3. The first kappa shape index (κ1) is 34.7. The summed E-state index contributed by atoms with van der Waals surface area (Å²) < 4.78 is 53.6. The van der Waals surface area contributed by atoms with Crippen LogP contribution in [0, 0.1) is 0 Å². The normalized spacial score (nSPS) is 20.0. The van der Waals surface area contributed by atoms with Crippen LogP contribution in [0.3, 0.4) is 0 Å². The maximum atomic E-state index is 14.4. The topological polar surface area (TPSA) is 123 Å². The molecule has 0 spiro atoms. The highest BCUT2D eigenvalue weighted by Gasteiger charge is 2.45. The molecule has 0 bridgehead atoms. The summed E-state index contributed by atoms with van der Waals surface area (Å²) in [6, 6.07) is 2.35. The number of alkyl halides is 3. The highest BCUT2D eigenvalue weighted by atomic mass is 35.5. The van der Waals surface area contributed by atoms with Crippen LogP contribution in [0.2, 0.25) is 5.02 Å². The Hall–Kier alpha value is -4.11. The molecule has 2 fully saturated rings. The van der Waals surface area contributed by atoms with Gasteiger partial charge in [-0.1, -0.05) is 24.6 Å². The molecule has 0 aliphatic carbocycles. The van der Waals surface area contributed by atoms with Crippen LogP contribution in [0.15, 0.2) is 29.1 Å². The van der Waals surface area contributed by atoms with Gasteiger partial charge in [0.25, 0.3) is 5.56 Å². The number of nitrogens with one attached hydrogen (secondary N) is 1. The van der Waals surface area contributed by atoms with Crippen LogP contribution in [0.25, 0.3) is 11.4 Å². The average molecular weight is 706 g/mol. The van der Waals surface area contributed by atoms with E-state index in [0.717, 1.165) is 30.2 Å². The van der Waals surface area contributed by atoms with E-state index in [2.05, 4.69) is 10.4 Å². The molecular formula is C33H39ClF3N7O5. The molecule has 12 nitrogen and oxygen atoms in total. The number of nitrogens with zero attached hydrogens (tertiary/aromatic N) is 6. The molecule has 2 aromatic heterocycles. The van der Waals surface area contributed by atoms with Gasteiger partial charge in [0.05, 0.1) is 47.3 Å². The summed E-state index contributed by atoms with van der Waals surface area (Å²) in [6.07, 6.45) is -0.168. The zero-order valence-corrected chi connectivity index (χ0v) is 28.5. The molecule has 49 heavy (non-hydrogen) atoms. The van der Waals surface area contributed by atoms with Crippen LogP contribution in [-0.2, 0) is 33.4 Å². The zero-order valence-electron chi connectivity index (χ0n) is 27.8. The Balaban J connectivity index is 1.41. The molecule has 1 aromatic carbocycles. The third kappa shape index (κ3) is 7.00. The third-order valence-electron chi connectivity index (χ3n) is 9.01. The largest absolute Gasteiger partial charge is 0.444 e. The molecule has 264 valence electrons. The smallest absolute Gasteiger partial charge is 0.416 e. The van der Waals surface area contributed by atoms with Crippen molar-refractivity contribution in [3.05, 3.63) is 56.7 Å². The summed E-state index contributed by atoms with van der Waals surface area (Å²) in [7, 11) is 0. The minimum atomic E-state index is -4.60. The first-order valence-corrected chi connectivity index (χ1v) is 16.8. The number of carbonyl (C=O) groups excluding carboxylic acids is 2. The van der Waals surface area contributed by atoms with Gasteiger partial charge in [-0.3, -0.25) is 9.59 Å². The molecule has 3 aliphatic heterocycles. The minimum absolute atomic E-state index is 0.0107. The van der Waals surface area contributed by atoms with E-state index >= 15 is 0 Å². The van der Waals surface area contributed by atoms with Crippen molar-refractivity contribution in [2.75, 3.05) is 36.5 Å². The van der Waals surface area contributed by atoms with E-state index in [1.807, 2.05) is 38.7 Å². The first-order valence-electron chi connectivity index (χ1n) is 16.4. The van der Waals surface area contributed by atoms with Crippen molar-refractivity contribution < 1.29 is 32.2 Å². The SMILES string of the molecule is CCc1c(N2CCCC3C2CCN3C(=O)OC(C)(C)C)c(=O)n2nc(C3=CCOCC3)nc2n1CC(=O)Nc1ccc(C(F)(F)F)cc1Cl. The molecule has 2 saturated heterocycles. The van der Waals surface area contributed by atoms with E-state index in [4.69, 9.17) is 26.1 Å². The van der Waals surface area contributed by atoms with Crippen LogP contribution in [-0.4, -0.2) is 80.1 Å². The number of piperidine rings is 1. The molecule has 1 N–H and O–H groups in total. The van der Waals surface area contributed by atoms with Gasteiger partial charge in [0.1, 0.15) is 17.8 Å². The first-order chi connectivity index (χ1) is 23.2. The molecule has 2 atom stereocenters. The standard InChI is InChI=1S/C33H39ClF3N7O5/c1-5-23-27(41-13-6-7-24-25(41)10-14-42(24)31(47)49-32(2,3)4)29(46)44-30(39-28(40-44)19-11-15-48-16-12-19)43(23)18-26(45)38-22-9-8-20(17-21(22)34)33(35,36)37/h8-9,11,17,24-25H,5-7,10,12-16,18H2,1-4H3,(H,38,45). The Kier molecular flexibility index (Phi) is 9.44. The second-order valence-electron chi connectivity index (χ2n) is 13.4. The lowest BCUT2D eigenvalue weighted by molar-refractivity contribution is -0.137. The van der Waals surface area contributed by atoms with Crippen LogP contribution >= 0.6 is 11.6 Å². The molecule has 16 heteroatoms. The number of likely N-dealkylation sites (tertiary alicyclic amines) is 1. The van der Waals surface area contributed by atoms with Crippen molar-refractivity contribution in [3.8, 4) is 0 Å². The Morgan fingerprint density at radius 3 is 2.57 bits per heavy atom. The van der Waals surface area contributed by atoms with Gasteiger partial charge in [0, 0.05) is 13.1 Å². The van der Waals surface area contributed by atoms with E-state index in [-0.39, 0.29) is 35.1 Å². The number of ether oxygens (including phenoxy) is 2. The number of anilines is 2. The maximum absolute atomic E-state index is 14.4. The van der Waals surface area contributed by atoms with Gasteiger partial charge in [0.2, 0.25) is 11.7 Å². The summed E-state index contributed by atoms with van der Waals surface area (Å²) in [5.74, 6) is -0.0961. The van der Waals surface area contributed by atoms with Gasteiger partial charge in [0.15, 0.2) is 5.82 Å². The predicted octanol–water partition coefficient (Wildman–Crippen LogP) is 5.55. The summed E-state index contributed by atoms with van der Waals surface area (Å²) in [5, 5.41) is 6.96. The van der Waals surface area contributed by atoms with Gasteiger partial charge >= 0.3 is 12.3 Å². The summed E-state index contributed by atoms with van der Waals surface area (Å²) in [6.45, 7) is 8.87. The molecule has 5 heterocycles. The van der Waals surface area contributed by atoms with Crippen LogP contribution < -0.4 is 15.8 Å². The second-order valence-corrected chi connectivity index (χ2v) is 13.8. The summed E-state index contributed by atoms with van der Waals surface area (Å²) in [5.41, 5.74) is -0.257. The average Bonchev–Trinajstić information content (AvgIpc) is 3.68. The van der Waals surface area contributed by atoms with Crippen LogP contribution in [0.4, 0.5) is 29.3 Å². The van der Waals surface area contributed by atoms with Crippen molar-refractivity contribution in [2.45, 2.75) is 90.2 Å². The number of carbonyl (C=O) groups is 2. The van der Waals surface area contributed by atoms with Gasteiger partial charge in [-0.15, -0.1) is 5.10 Å². The van der Waals surface area contributed by atoms with E-state index in [1.54, 1.807) is 9.47 Å². The molecule has 2 amide bonds. The zero-order chi connectivity index (χ0) is 35.2. The summed E-state index contributed by atoms with van der Waals surface area (Å²) in [4.78, 5) is 49.7. The van der Waals surface area contributed by atoms with Gasteiger partial charge in [-0.25, -0.2) is 4.79 Å².